The third kappa shape index (κ3) is 2.92. The van der Waals surface area contributed by atoms with Crippen LogP contribution in [0.5, 0.6) is 0 Å². The van der Waals surface area contributed by atoms with E-state index in [1.54, 1.807) is 11.3 Å². The summed E-state index contributed by atoms with van der Waals surface area (Å²) in [6.07, 6.45) is 1.94. The van der Waals surface area contributed by atoms with Gasteiger partial charge in [0, 0.05) is 30.6 Å². The Labute approximate surface area is 123 Å². The van der Waals surface area contributed by atoms with Crippen LogP contribution in [0.1, 0.15) is 25.5 Å². The SMILES string of the molecule is CCCC1(O)CN(Cc2csc(-c3ccccc3)n2)C1. The Morgan fingerprint density at radius 2 is 2.05 bits per heavy atom. The fraction of sp³-hybridized carbons (Fsp3) is 0.438. The van der Waals surface area contributed by atoms with Crippen molar-refractivity contribution in [2.75, 3.05) is 13.1 Å². The Bertz CT molecular complexity index is 561. The van der Waals surface area contributed by atoms with Crippen molar-refractivity contribution in [1.29, 1.82) is 0 Å². The third-order valence-electron chi connectivity index (χ3n) is 3.71. The molecule has 0 radical (unpaired) electrons. The van der Waals surface area contributed by atoms with Crippen LogP contribution in [-0.2, 0) is 6.54 Å². The van der Waals surface area contributed by atoms with Gasteiger partial charge in [-0.3, -0.25) is 4.90 Å². The molecule has 1 aromatic heterocycles. The van der Waals surface area contributed by atoms with Gasteiger partial charge in [0.2, 0.25) is 0 Å². The number of hydrogen-bond acceptors (Lipinski definition) is 4. The highest BCUT2D eigenvalue weighted by Gasteiger charge is 2.40. The molecule has 20 heavy (non-hydrogen) atoms. The molecule has 0 unspecified atom stereocenters. The van der Waals surface area contributed by atoms with E-state index in [9.17, 15) is 5.11 Å². The third-order valence-corrected chi connectivity index (χ3v) is 4.65. The summed E-state index contributed by atoms with van der Waals surface area (Å²) in [7, 11) is 0. The predicted molar refractivity (Wildman–Crippen MR) is 82.7 cm³/mol. The molecular weight excluding hydrogens is 268 g/mol. The summed E-state index contributed by atoms with van der Waals surface area (Å²) in [6, 6.07) is 10.3. The molecule has 106 valence electrons. The number of aromatic nitrogens is 1. The summed E-state index contributed by atoms with van der Waals surface area (Å²) in [6.45, 7) is 4.51. The average Bonchev–Trinajstić information content (AvgIpc) is 2.87. The van der Waals surface area contributed by atoms with Gasteiger partial charge in [-0.05, 0) is 6.42 Å². The van der Waals surface area contributed by atoms with Crippen molar-refractivity contribution in [2.45, 2.75) is 31.9 Å². The lowest BCUT2D eigenvalue weighted by Crippen LogP contribution is -2.60. The Hall–Kier alpha value is -1.23. The maximum Gasteiger partial charge on any atom is 0.123 e. The predicted octanol–water partition coefficient (Wildman–Crippen LogP) is 3.16. The Balaban J connectivity index is 1.59. The summed E-state index contributed by atoms with van der Waals surface area (Å²) in [4.78, 5) is 6.95. The second kappa shape index (κ2) is 5.64. The van der Waals surface area contributed by atoms with E-state index in [2.05, 4.69) is 29.3 Å². The zero-order valence-electron chi connectivity index (χ0n) is 11.7. The monoisotopic (exact) mass is 288 g/mol. The van der Waals surface area contributed by atoms with Crippen molar-refractivity contribution in [2.24, 2.45) is 0 Å². The summed E-state index contributed by atoms with van der Waals surface area (Å²) in [5, 5.41) is 13.4. The van der Waals surface area contributed by atoms with Gasteiger partial charge in [0.15, 0.2) is 0 Å². The van der Waals surface area contributed by atoms with Crippen LogP contribution in [0.15, 0.2) is 35.7 Å². The number of β-amino-alcohol motifs (C(OH)–C–C–N with tert-alkyl or cyclic N) is 1. The molecule has 4 heteroatoms. The molecule has 1 fully saturated rings. The molecule has 2 heterocycles. The molecule has 3 rings (SSSR count). The normalized spacial score (nSPS) is 17.9. The summed E-state index contributed by atoms with van der Waals surface area (Å²) < 4.78 is 0. The first kappa shape index (κ1) is 13.7. The molecule has 1 aliphatic heterocycles. The Morgan fingerprint density at radius 1 is 1.30 bits per heavy atom. The largest absolute Gasteiger partial charge is 0.387 e. The molecule has 0 spiro atoms. The molecule has 1 saturated heterocycles. The highest BCUT2D eigenvalue weighted by Crippen LogP contribution is 2.29. The minimum absolute atomic E-state index is 0.451. The molecular formula is C16H20N2OS. The summed E-state index contributed by atoms with van der Waals surface area (Å²) in [5.74, 6) is 0. The van der Waals surface area contributed by atoms with Crippen molar-refractivity contribution in [3.63, 3.8) is 0 Å². The highest BCUT2D eigenvalue weighted by atomic mass is 32.1. The van der Waals surface area contributed by atoms with Gasteiger partial charge in [-0.25, -0.2) is 4.98 Å². The first-order chi connectivity index (χ1) is 9.68. The molecule has 1 aromatic carbocycles. The summed E-state index contributed by atoms with van der Waals surface area (Å²) >= 11 is 1.69. The van der Waals surface area contributed by atoms with Gasteiger partial charge >= 0.3 is 0 Å². The Kier molecular flexibility index (Phi) is 3.87. The van der Waals surface area contributed by atoms with Crippen LogP contribution in [0, 0.1) is 0 Å². The minimum Gasteiger partial charge on any atom is -0.387 e. The van der Waals surface area contributed by atoms with Gasteiger partial charge in [0.05, 0.1) is 11.3 Å². The standard InChI is InChI=1S/C16H20N2OS/c1-2-8-16(19)11-18(12-16)9-14-10-20-15(17-14)13-6-4-3-5-7-13/h3-7,10,19H,2,8-9,11-12H2,1H3. The van der Waals surface area contributed by atoms with Gasteiger partial charge in [-0.1, -0.05) is 43.7 Å². The van der Waals surface area contributed by atoms with Gasteiger partial charge in [-0.2, -0.15) is 0 Å². The van der Waals surface area contributed by atoms with Crippen molar-refractivity contribution < 1.29 is 5.11 Å². The van der Waals surface area contributed by atoms with Gasteiger partial charge < -0.3 is 5.11 Å². The van der Waals surface area contributed by atoms with Gasteiger partial charge in [0.1, 0.15) is 5.01 Å². The zero-order valence-corrected chi connectivity index (χ0v) is 12.6. The summed E-state index contributed by atoms with van der Waals surface area (Å²) in [5.41, 5.74) is 1.83. The number of benzene rings is 1. The molecule has 0 saturated carbocycles. The molecule has 1 aliphatic rings. The lowest BCUT2D eigenvalue weighted by molar-refractivity contribution is -0.107. The van der Waals surface area contributed by atoms with E-state index in [0.717, 1.165) is 43.2 Å². The van der Waals surface area contributed by atoms with E-state index < -0.39 is 5.60 Å². The molecule has 0 atom stereocenters. The smallest absolute Gasteiger partial charge is 0.123 e. The molecule has 3 nitrogen and oxygen atoms in total. The number of nitrogens with zero attached hydrogens (tertiary/aromatic N) is 2. The lowest BCUT2D eigenvalue weighted by atomic mass is 9.89. The lowest BCUT2D eigenvalue weighted by Gasteiger charge is -2.46. The first-order valence-corrected chi connectivity index (χ1v) is 8.01. The van der Waals surface area contributed by atoms with Gasteiger partial charge in [0.25, 0.3) is 0 Å². The van der Waals surface area contributed by atoms with Gasteiger partial charge in [-0.15, -0.1) is 11.3 Å². The van der Waals surface area contributed by atoms with Crippen molar-refractivity contribution in [3.8, 4) is 10.6 Å². The first-order valence-electron chi connectivity index (χ1n) is 7.13. The maximum absolute atomic E-state index is 10.2. The molecule has 0 aliphatic carbocycles. The van der Waals surface area contributed by atoms with E-state index in [1.165, 1.54) is 5.56 Å². The van der Waals surface area contributed by atoms with E-state index in [0.29, 0.717) is 0 Å². The fourth-order valence-corrected chi connectivity index (χ4v) is 3.66. The second-order valence-electron chi connectivity index (χ2n) is 5.63. The van der Waals surface area contributed by atoms with Crippen LogP contribution in [0.4, 0.5) is 0 Å². The van der Waals surface area contributed by atoms with Crippen LogP contribution in [0.25, 0.3) is 10.6 Å². The van der Waals surface area contributed by atoms with E-state index in [1.807, 2.05) is 18.2 Å². The number of aliphatic hydroxyl groups is 1. The van der Waals surface area contributed by atoms with E-state index in [-0.39, 0.29) is 0 Å². The molecule has 1 N–H and O–H groups in total. The molecule has 2 aromatic rings. The van der Waals surface area contributed by atoms with Crippen LogP contribution in [0.3, 0.4) is 0 Å². The molecule has 0 bridgehead atoms. The van der Waals surface area contributed by atoms with Crippen LogP contribution in [-0.4, -0.2) is 33.7 Å². The highest BCUT2D eigenvalue weighted by molar-refractivity contribution is 7.13. The number of thiazole rings is 1. The van der Waals surface area contributed by atoms with Crippen molar-refractivity contribution in [3.05, 3.63) is 41.4 Å². The van der Waals surface area contributed by atoms with E-state index in [4.69, 9.17) is 4.98 Å². The maximum atomic E-state index is 10.2. The topological polar surface area (TPSA) is 36.4 Å². The van der Waals surface area contributed by atoms with E-state index >= 15 is 0 Å². The fourth-order valence-electron chi connectivity index (χ4n) is 2.84. The average molecular weight is 288 g/mol. The van der Waals surface area contributed by atoms with Crippen LogP contribution >= 0.6 is 11.3 Å². The van der Waals surface area contributed by atoms with Crippen molar-refractivity contribution in [1.82, 2.24) is 9.88 Å². The quantitative estimate of drug-likeness (QED) is 0.918. The zero-order chi connectivity index (χ0) is 14.0. The van der Waals surface area contributed by atoms with Crippen molar-refractivity contribution >= 4 is 11.3 Å². The number of rotatable bonds is 5. The minimum atomic E-state index is -0.451. The van der Waals surface area contributed by atoms with Crippen LogP contribution < -0.4 is 0 Å². The second-order valence-corrected chi connectivity index (χ2v) is 6.49. The molecule has 0 amide bonds. The Morgan fingerprint density at radius 3 is 2.75 bits per heavy atom. The van der Waals surface area contributed by atoms with Crippen LogP contribution in [0.2, 0.25) is 0 Å². The number of likely N-dealkylation sites (tertiary alicyclic amines) is 1. The number of hydrogen-bond donors (Lipinski definition) is 1.